The van der Waals surface area contributed by atoms with E-state index in [-0.39, 0.29) is 5.78 Å². The van der Waals surface area contributed by atoms with Crippen LogP contribution in [0.25, 0.3) is 22.3 Å². The Morgan fingerprint density at radius 2 is 0.886 bits per heavy atom. The first-order chi connectivity index (χ1) is 16.9. The average Bonchev–Trinajstić information content (AvgIpc) is 2.87. The second-order valence-corrected chi connectivity index (χ2v) is 12.1. The predicted octanol–water partition coefficient (Wildman–Crippen LogP) is 9.77. The molecule has 0 amide bonds. The van der Waals surface area contributed by atoms with Crippen molar-refractivity contribution in [1.29, 1.82) is 0 Å². The van der Waals surface area contributed by atoms with E-state index in [1.54, 1.807) is 0 Å². The van der Waals surface area contributed by atoms with Gasteiger partial charge in [-0.15, -0.1) is 0 Å². The van der Waals surface area contributed by atoms with E-state index < -0.39 is 0 Å². The number of rotatable bonds is 2. The van der Waals surface area contributed by atoms with Gasteiger partial charge >= 0.3 is 0 Å². The van der Waals surface area contributed by atoms with E-state index >= 15 is 0 Å². The van der Waals surface area contributed by atoms with E-state index in [1.165, 1.54) is 53.5 Å². The lowest BCUT2D eigenvalue weighted by Gasteiger charge is -2.20. The Morgan fingerprint density at radius 3 is 1.26 bits per heavy atom. The van der Waals surface area contributed by atoms with E-state index in [0.29, 0.717) is 5.33 Å². The third-order valence-electron chi connectivity index (χ3n) is 6.66. The van der Waals surface area contributed by atoms with Gasteiger partial charge in [-0.05, 0) is 113 Å². The summed E-state index contributed by atoms with van der Waals surface area (Å²) in [6.07, 6.45) is 4.31. The fourth-order valence-corrected chi connectivity index (χ4v) is 6.50. The number of halogens is 4. The number of carbonyl (C=O) groups excluding carboxylic acids is 1. The van der Waals surface area contributed by atoms with Crippen LogP contribution in [0.3, 0.4) is 0 Å². The molecule has 0 heterocycles. The Bertz CT molecular complexity index is 1390. The highest BCUT2D eigenvalue weighted by Gasteiger charge is 2.18. The van der Waals surface area contributed by atoms with Crippen molar-refractivity contribution >= 4 is 69.5 Å². The lowest BCUT2D eigenvalue weighted by atomic mass is 9.84. The van der Waals surface area contributed by atoms with Crippen LogP contribution in [0.4, 0.5) is 0 Å². The zero-order valence-electron chi connectivity index (χ0n) is 18.9. The topological polar surface area (TPSA) is 17.1 Å². The lowest BCUT2D eigenvalue weighted by Crippen LogP contribution is -2.07. The normalized spacial score (nSPS) is 12.9. The highest BCUT2D eigenvalue weighted by molar-refractivity contribution is 9.11. The van der Waals surface area contributed by atoms with Gasteiger partial charge in [0.25, 0.3) is 0 Å². The van der Waals surface area contributed by atoms with Crippen LogP contribution in [-0.2, 0) is 25.7 Å². The molecule has 6 rings (SSSR count). The first kappa shape index (κ1) is 25.1. The molecule has 0 saturated heterocycles. The highest BCUT2D eigenvalue weighted by Crippen LogP contribution is 2.37. The van der Waals surface area contributed by atoms with Gasteiger partial charge in [0.1, 0.15) is 0 Å². The fraction of sp³-hybridized carbons (Fsp3) is 0.167. The second-order valence-electron chi connectivity index (χ2n) is 8.83. The third-order valence-corrected chi connectivity index (χ3v) is 8.65. The van der Waals surface area contributed by atoms with Crippen LogP contribution in [0.2, 0.25) is 0 Å². The third kappa shape index (κ3) is 5.44. The molecule has 1 nitrogen and oxygen atoms in total. The maximum atomic E-state index is 11.7. The number of Topliss-reactive ketones (excluding diaryl/α,β-unsaturated/α-hetero) is 1. The molecule has 0 unspecified atom stereocenters. The standard InChI is InChI=1S/C16H12Br2O.C14H10Br2/c17-9-16(19)12-3-5-14-10(7-12)1-2-11-8-13(18)4-6-15(11)14;15-11-3-5-13-9(7-11)1-2-10-8-12(16)4-6-14(10)13/h3-8H,1-2,9H2;3-8H,1-2H2. The molecule has 0 atom stereocenters. The van der Waals surface area contributed by atoms with E-state index in [4.69, 9.17) is 0 Å². The molecule has 35 heavy (non-hydrogen) atoms. The molecule has 4 aromatic carbocycles. The molecule has 0 bridgehead atoms. The number of benzene rings is 4. The second kappa shape index (κ2) is 10.8. The Morgan fingerprint density at radius 1 is 0.543 bits per heavy atom. The lowest BCUT2D eigenvalue weighted by molar-refractivity contribution is 0.102. The molecular weight excluding hydrogens is 696 g/mol. The predicted molar refractivity (Wildman–Crippen MR) is 160 cm³/mol. The fourth-order valence-electron chi connectivity index (χ4n) is 4.95. The van der Waals surface area contributed by atoms with E-state index in [0.717, 1.165) is 35.7 Å². The van der Waals surface area contributed by atoms with Crippen molar-refractivity contribution in [3.8, 4) is 22.3 Å². The summed E-state index contributed by atoms with van der Waals surface area (Å²) in [6, 6.07) is 25.6. The summed E-state index contributed by atoms with van der Waals surface area (Å²) in [5, 5.41) is 0.384. The molecule has 0 saturated carbocycles. The largest absolute Gasteiger partial charge is 0.293 e. The number of aryl methyl sites for hydroxylation is 4. The van der Waals surface area contributed by atoms with E-state index in [9.17, 15) is 4.79 Å². The first-order valence-electron chi connectivity index (χ1n) is 11.5. The number of alkyl halides is 1. The van der Waals surface area contributed by atoms with Gasteiger partial charge in [-0.1, -0.05) is 94.1 Å². The van der Waals surface area contributed by atoms with Crippen molar-refractivity contribution in [2.24, 2.45) is 0 Å². The average molecular weight is 718 g/mol. The van der Waals surface area contributed by atoms with Crippen LogP contribution in [0.15, 0.2) is 86.2 Å². The van der Waals surface area contributed by atoms with Crippen LogP contribution in [0.1, 0.15) is 32.6 Å². The molecule has 2 aliphatic rings. The SMILES string of the molecule is Brc1ccc2c(c1)CCc1cc(Br)ccc1-2.O=C(CBr)c1ccc2c(c1)CCc1cc(Br)ccc1-2. The van der Waals surface area contributed by atoms with Crippen LogP contribution >= 0.6 is 63.7 Å². The Kier molecular flexibility index (Phi) is 7.78. The van der Waals surface area contributed by atoms with Gasteiger partial charge in [0.2, 0.25) is 0 Å². The molecule has 0 aromatic heterocycles. The summed E-state index contributed by atoms with van der Waals surface area (Å²) >= 11 is 13.8. The van der Waals surface area contributed by atoms with Crippen LogP contribution in [-0.4, -0.2) is 11.1 Å². The Balaban J connectivity index is 0.000000147. The Hall–Kier alpha value is -1.53. The van der Waals surface area contributed by atoms with Gasteiger partial charge in [0, 0.05) is 19.0 Å². The molecule has 176 valence electrons. The molecule has 0 radical (unpaired) electrons. The maximum Gasteiger partial charge on any atom is 0.173 e. The van der Waals surface area contributed by atoms with Crippen molar-refractivity contribution in [3.05, 3.63) is 114 Å². The number of hydrogen-bond acceptors (Lipinski definition) is 1. The van der Waals surface area contributed by atoms with E-state index in [2.05, 4.69) is 124 Å². The summed E-state index contributed by atoms with van der Waals surface area (Å²) in [5.41, 5.74) is 11.7. The molecule has 0 N–H and O–H groups in total. The summed E-state index contributed by atoms with van der Waals surface area (Å²) in [4.78, 5) is 11.7. The quantitative estimate of drug-likeness (QED) is 0.149. The molecule has 2 aliphatic carbocycles. The molecular formula is C30H22Br4O. The number of hydrogen-bond donors (Lipinski definition) is 0. The van der Waals surface area contributed by atoms with Crippen molar-refractivity contribution in [3.63, 3.8) is 0 Å². The molecule has 0 aliphatic heterocycles. The zero-order chi connectivity index (χ0) is 24.5. The van der Waals surface area contributed by atoms with Gasteiger partial charge in [-0.3, -0.25) is 4.79 Å². The Labute approximate surface area is 239 Å². The smallest absolute Gasteiger partial charge is 0.173 e. The van der Waals surface area contributed by atoms with Crippen molar-refractivity contribution in [2.75, 3.05) is 5.33 Å². The van der Waals surface area contributed by atoms with Crippen LogP contribution < -0.4 is 0 Å². The highest BCUT2D eigenvalue weighted by atomic mass is 79.9. The molecule has 0 spiro atoms. The van der Waals surface area contributed by atoms with E-state index in [1.807, 2.05) is 12.1 Å². The summed E-state index contributed by atoms with van der Waals surface area (Å²) in [5.74, 6) is 0.143. The van der Waals surface area contributed by atoms with Crippen molar-refractivity contribution in [2.45, 2.75) is 25.7 Å². The zero-order valence-corrected chi connectivity index (χ0v) is 25.2. The number of fused-ring (bicyclic) bond motifs is 6. The van der Waals surface area contributed by atoms with Gasteiger partial charge < -0.3 is 0 Å². The number of ketones is 1. The minimum atomic E-state index is 0.143. The van der Waals surface area contributed by atoms with Gasteiger partial charge in [-0.2, -0.15) is 0 Å². The molecule has 4 aromatic rings. The summed E-state index contributed by atoms with van der Waals surface area (Å²) in [6.45, 7) is 0. The minimum absolute atomic E-state index is 0.143. The first-order valence-corrected chi connectivity index (χ1v) is 15.0. The molecule has 5 heteroatoms. The maximum absolute atomic E-state index is 11.7. The van der Waals surface area contributed by atoms with Gasteiger partial charge in [0.15, 0.2) is 5.78 Å². The summed E-state index contributed by atoms with van der Waals surface area (Å²) < 4.78 is 3.47. The van der Waals surface area contributed by atoms with Crippen molar-refractivity contribution < 1.29 is 4.79 Å². The molecule has 0 fully saturated rings. The van der Waals surface area contributed by atoms with Crippen LogP contribution in [0.5, 0.6) is 0 Å². The van der Waals surface area contributed by atoms with Crippen molar-refractivity contribution in [1.82, 2.24) is 0 Å². The van der Waals surface area contributed by atoms with Crippen LogP contribution in [0, 0.1) is 0 Å². The van der Waals surface area contributed by atoms with Gasteiger partial charge in [-0.25, -0.2) is 0 Å². The monoisotopic (exact) mass is 714 g/mol. The van der Waals surface area contributed by atoms with Gasteiger partial charge in [0.05, 0.1) is 5.33 Å². The summed E-state index contributed by atoms with van der Waals surface area (Å²) in [7, 11) is 0. The number of carbonyl (C=O) groups is 1. The minimum Gasteiger partial charge on any atom is -0.293 e.